The second-order valence-corrected chi connectivity index (χ2v) is 4.72. The number of benzene rings is 1. The van der Waals surface area contributed by atoms with Crippen LogP contribution in [0.2, 0.25) is 5.02 Å². The van der Waals surface area contributed by atoms with E-state index in [4.69, 9.17) is 11.6 Å². The molecule has 0 heterocycles. The molecule has 1 aromatic rings. The summed E-state index contributed by atoms with van der Waals surface area (Å²) < 4.78 is 0. The number of alkyl halides is 1. The normalized spacial score (nSPS) is 13.1. The smallest absolute Gasteiger partial charge is 0.0763 e. The molecule has 1 atom stereocenters. The monoisotopic (exact) mass is 291 g/mol. The van der Waals surface area contributed by atoms with E-state index < -0.39 is 0 Å². The molecule has 0 aliphatic heterocycles. The predicted octanol–water partition coefficient (Wildman–Crippen LogP) is 2.53. The minimum atomic E-state index is -0.325. The third-order valence-electron chi connectivity index (χ3n) is 2.04. The molecule has 0 bridgehead atoms. The molecule has 4 heteroatoms. The van der Waals surface area contributed by atoms with E-state index in [-0.39, 0.29) is 6.10 Å². The fourth-order valence-corrected chi connectivity index (χ4v) is 1.84. The van der Waals surface area contributed by atoms with Crippen molar-refractivity contribution in [3.63, 3.8) is 0 Å². The fraction of sp³-hybridized carbons (Fsp3) is 0.455. The lowest BCUT2D eigenvalue weighted by molar-refractivity contribution is 0.143. The second kappa shape index (κ2) is 6.48. The highest BCUT2D eigenvalue weighted by Gasteiger charge is 2.06. The molecule has 0 fully saturated rings. The second-order valence-electron chi connectivity index (χ2n) is 3.63. The van der Waals surface area contributed by atoms with E-state index in [1.807, 2.05) is 31.3 Å². The highest BCUT2D eigenvalue weighted by Crippen LogP contribution is 2.12. The van der Waals surface area contributed by atoms with Crippen LogP contribution in [0.1, 0.15) is 5.56 Å². The first-order valence-electron chi connectivity index (χ1n) is 4.79. The standard InChI is InChI=1S/C11H15BrClNO/c1-14(8-11(15)6-12)7-9-3-2-4-10(13)5-9/h2-5,11,15H,6-8H2,1H3. The number of hydrogen-bond acceptors (Lipinski definition) is 2. The van der Waals surface area contributed by atoms with Crippen molar-refractivity contribution in [1.82, 2.24) is 4.90 Å². The maximum absolute atomic E-state index is 9.45. The van der Waals surface area contributed by atoms with E-state index in [1.54, 1.807) is 0 Å². The first-order chi connectivity index (χ1) is 7.11. The molecule has 1 unspecified atom stereocenters. The van der Waals surface area contributed by atoms with Crippen molar-refractivity contribution in [3.05, 3.63) is 34.9 Å². The van der Waals surface area contributed by atoms with Gasteiger partial charge in [0.05, 0.1) is 6.10 Å². The predicted molar refractivity (Wildman–Crippen MR) is 67.6 cm³/mol. The van der Waals surface area contributed by atoms with Crippen molar-refractivity contribution in [2.24, 2.45) is 0 Å². The van der Waals surface area contributed by atoms with Gasteiger partial charge in [-0.2, -0.15) is 0 Å². The molecule has 0 saturated heterocycles. The van der Waals surface area contributed by atoms with Gasteiger partial charge in [-0.25, -0.2) is 0 Å². The molecular weight excluding hydrogens is 277 g/mol. The Morgan fingerprint density at radius 3 is 2.87 bits per heavy atom. The van der Waals surface area contributed by atoms with Gasteiger partial charge in [0, 0.05) is 23.4 Å². The van der Waals surface area contributed by atoms with Crippen LogP contribution in [0, 0.1) is 0 Å². The van der Waals surface area contributed by atoms with Crippen molar-refractivity contribution in [2.45, 2.75) is 12.6 Å². The molecule has 0 spiro atoms. The van der Waals surface area contributed by atoms with E-state index in [9.17, 15) is 5.11 Å². The highest BCUT2D eigenvalue weighted by atomic mass is 79.9. The van der Waals surface area contributed by atoms with Gasteiger partial charge in [0.2, 0.25) is 0 Å². The number of likely N-dealkylation sites (N-methyl/N-ethyl adjacent to an activating group) is 1. The molecule has 0 amide bonds. The Labute approximate surface area is 104 Å². The van der Waals surface area contributed by atoms with Gasteiger partial charge in [-0.3, -0.25) is 4.90 Å². The van der Waals surface area contributed by atoms with Crippen LogP contribution in [0.5, 0.6) is 0 Å². The van der Waals surface area contributed by atoms with E-state index >= 15 is 0 Å². The molecule has 1 rings (SSSR count). The number of hydrogen-bond donors (Lipinski definition) is 1. The number of rotatable bonds is 5. The summed E-state index contributed by atoms with van der Waals surface area (Å²) >= 11 is 9.13. The Morgan fingerprint density at radius 1 is 1.53 bits per heavy atom. The Morgan fingerprint density at radius 2 is 2.27 bits per heavy atom. The molecule has 15 heavy (non-hydrogen) atoms. The summed E-state index contributed by atoms with van der Waals surface area (Å²) in [6, 6.07) is 7.77. The maximum atomic E-state index is 9.45. The van der Waals surface area contributed by atoms with Crippen LogP contribution in [0.3, 0.4) is 0 Å². The van der Waals surface area contributed by atoms with Crippen molar-refractivity contribution < 1.29 is 5.11 Å². The van der Waals surface area contributed by atoms with Gasteiger partial charge < -0.3 is 5.11 Å². The zero-order valence-corrected chi connectivity index (χ0v) is 11.0. The quantitative estimate of drug-likeness (QED) is 0.843. The number of aliphatic hydroxyl groups is 1. The first kappa shape index (κ1) is 13.0. The molecule has 0 saturated carbocycles. The van der Waals surface area contributed by atoms with Crippen LogP contribution in [-0.2, 0) is 6.54 Å². The van der Waals surface area contributed by atoms with Crippen LogP contribution >= 0.6 is 27.5 Å². The van der Waals surface area contributed by atoms with Gasteiger partial charge in [0.1, 0.15) is 0 Å². The van der Waals surface area contributed by atoms with Gasteiger partial charge in [-0.15, -0.1) is 0 Å². The van der Waals surface area contributed by atoms with Gasteiger partial charge in [0.15, 0.2) is 0 Å². The van der Waals surface area contributed by atoms with Crippen LogP contribution in [-0.4, -0.2) is 35.0 Å². The summed E-state index contributed by atoms with van der Waals surface area (Å²) in [5.41, 5.74) is 1.16. The Kier molecular flexibility index (Phi) is 5.61. The molecule has 0 aromatic heterocycles. The van der Waals surface area contributed by atoms with Crippen molar-refractivity contribution in [2.75, 3.05) is 18.9 Å². The minimum Gasteiger partial charge on any atom is -0.391 e. The highest BCUT2D eigenvalue weighted by molar-refractivity contribution is 9.09. The maximum Gasteiger partial charge on any atom is 0.0763 e. The van der Waals surface area contributed by atoms with E-state index in [0.717, 1.165) is 17.1 Å². The van der Waals surface area contributed by atoms with Crippen LogP contribution in [0.25, 0.3) is 0 Å². The summed E-state index contributed by atoms with van der Waals surface area (Å²) in [7, 11) is 1.98. The number of halogens is 2. The lowest BCUT2D eigenvalue weighted by atomic mass is 10.2. The lowest BCUT2D eigenvalue weighted by Crippen LogP contribution is -2.29. The van der Waals surface area contributed by atoms with Crippen LogP contribution in [0.15, 0.2) is 24.3 Å². The van der Waals surface area contributed by atoms with Gasteiger partial charge in [0.25, 0.3) is 0 Å². The SMILES string of the molecule is CN(Cc1cccc(Cl)c1)CC(O)CBr. The van der Waals surface area contributed by atoms with Gasteiger partial charge in [-0.1, -0.05) is 39.7 Å². The average molecular weight is 293 g/mol. The molecule has 1 aromatic carbocycles. The van der Waals surface area contributed by atoms with Crippen molar-refractivity contribution in [3.8, 4) is 0 Å². The zero-order valence-electron chi connectivity index (χ0n) is 8.66. The summed E-state index contributed by atoms with van der Waals surface area (Å²) in [5.74, 6) is 0. The largest absolute Gasteiger partial charge is 0.391 e. The summed E-state index contributed by atoms with van der Waals surface area (Å²) in [4.78, 5) is 2.07. The molecule has 0 aliphatic rings. The van der Waals surface area contributed by atoms with Gasteiger partial charge >= 0.3 is 0 Å². The molecular formula is C11H15BrClNO. The Balaban J connectivity index is 2.47. The van der Waals surface area contributed by atoms with Crippen molar-refractivity contribution >= 4 is 27.5 Å². The third kappa shape index (κ3) is 4.98. The molecule has 0 radical (unpaired) electrons. The summed E-state index contributed by atoms with van der Waals surface area (Å²) in [6.07, 6.45) is -0.325. The Bertz CT molecular complexity index is 308. The van der Waals surface area contributed by atoms with E-state index in [0.29, 0.717) is 11.9 Å². The summed E-state index contributed by atoms with van der Waals surface area (Å²) in [6.45, 7) is 1.45. The number of aliphatic hydroxyl groups excluding tert-OH is 1. The summed E-state index contributed by atoms with van der Waals surface area (Å²) in [5, 5.41) is 10.8. The zero-order chi connectivity index (χ0) is 11.3. The molecule has 84 valence electrons. The van der Waals surface area contributed by atoms with Crippen LogP contribution in [0.4, 0.5) is 0 Å². The fourth-order valence-electron chi connectivity index (χ4n) is 1.42. The van der Waals surface area contributed by atoms with E-state index in [2.05, 4.69) is 20.8 Å². The molecule has 0 aliphatic carbocycles. The first-order valence-corrected chi connectivity index (χ1v) is 6.28. The number of nitrogens with zero attached hydrogens (tertiary/aromatic N) is 1. The van der Waals surface area contributed by atoms with Gasteiger partial charge in [-0.05, 0) is 24.7 Å². The lowest BCUT2D eigenvalue weighted by Gasteiger charge is -2.19. The van der Waals surface area contributed by atoms with E-state index in [1.165, 1.54) is 0 Å². The average Bonchev–Trinajstić information content (AvgIpc) is 2.17. The molecule has 1 N–H and O–H groups in total. The third-order valence-corrected chi connectivity index (χ3v) is 3.02. The van der Waals surface area contributed by atoms with Crippen LogP contribution < -0.4 is 0 Å². The minimum absolute atomic E-state index is 0.325. The topological polar surface area (TPSA) is 23.5 Å². The molecule has 2 nitrogen and oxygen atoms in total. The van der Waals surface area contributed by atoms with Crippen molar-refractivity contribution in [1.29, 1.82) is 0 Å². The Hall–Kier alpha value is -0.0900.